The van der Waals surface area contributed by atoms with Gasteiger partial charge in [-0.1, -0.05) is 34.1 Å². The molecule has 0 aliphatic heterocycles. The number of carbonyl (C=O) groups excluding carboxylic acids is 1. The maximum Gasteiger partial charge on any atom is 0.252 e. The SMILES string of the molecule is CCC(C)(NC(=O)c1cccc(Br)c1C)C(N)=NO. The average Bonchev–Trinajstić information content (AvgIpc) is 2.40. The molecule has 6 heteroatoms. The fourth-order valence-electron chi connectivity index (χ4n) is 1.62. The van der Waals surface area contributed by atoms with E-state index in [9.17, 15) is 4.79 Å². The summed E-state index contributed by atoms with van der Waals surface area (Å²) >= 11 is 3.39. The summed E-state index contributed by atoms with van der Waals surface area (Å²) in [6.07, 6.45) is 0.516. The second-order valence-corrected chi connectivity index (χ2v) is 5.39. The Bertz CT molecular complexity index is 517. The number of hydrogen-bond donors (Lipinski definition) is 3. The minimum absolute atomic E-state index is 0.0176. The number of rotatable bonds is 4. The molecule has 104 valence electrons. The van der Waals surface area contributed by atoms with Gasteiger partial charge in [0.1, 0.15) is 0 Å². The van der Waals surface area contributed by atoms with E-state index in [0.29, 0.717) is 12.0 Å². The molecule has 0 saturated heterocycles. The van der Waals surface area contributed by atoms with E-state index in [1.165, 1.54) is 0 Å². The number of oxime groups is 1. The number of nitrogens with zero attached hydrogens (tertiary/aromatic N) is 1. The average molecular weight is 328 g/mol. The molecule has 0 heterocycles. The van der Waals surface area contributed by atoms with Crippen LogP contribution in [0.3, 0.4) is 0 Å². The largest absolute Gasteiger partial charge is 0.409 e. The Morgan fingerprint density at radius 2 is 2.21 bits per heavy atom. The molecule has 0 fully saturated rings. The molecule has 1 rings (SSSR count). The van der Waals surface area contributed by atoms with Crippen LogP contribution in [0.1, 0.15) is 36.2 Å². The van der Waals surface area contributed by atoms with Crippen molar-refractivity contribution >= 4 is 27.7 Å². The highest BCUT2D eigenvalue weighted by Crippen LogP contribution is 2.20. The maximum absolute atomic E-state index is 12.3. The molecule has 0 bridgehead atoms. The zero-order valence-electron chi connectivity index (χ0n) is 11.2. The molecule has 0 aromatic heterocycles. The molecule has 1 aromatic carbocycles. The summed E-state index contributed by atoms with van der Waals surface area (Å²) in [4.78, 5) is 12.3. The Hall–Kier alpha value is -1.56. The number of amides is 1. The van der Waals surface area contributed by atoms with Gasteiger partial charge in [0.05, 0.1) is 5.54 Å². The lowest BCUT2D eigenvalue weighted by Gasteiger charge is -2.28. The molecular weight excluding hydrogens is 310 g/mol. The summed E-state index contributed by atoms with van der Waals surface area (Å²) in [7, 11) is 0. The van der Waals surface area contributed by atoms with Gasteiger partial charge in [-0.3, -0.25) is 4.79 Å². The summed E-state index contributed by atoms with van der Waals surface area (Å²) in [5, 5.41) is 14.6. The first-order valence-corrected chi connectivity index (χ1v) is 6.70. The van der Waals surface area contributed by atoms with Gasteiger partial charge in [-0.25, -0.2) is 0 Å². The maximum atomic E-state index is 12.3. The van der Waals surface area contributed by atoms with Crippen molar-refractivity contribution in [1.29, 1.82) is 0 Å². The van der Waals surface area contributed by atoms with Gasteiger partial charge in [-0.15, -0.1) is 0 Å². The van der Waals surface area contributed by atoms with Gasteiger partial charge < -0.3 is 16.3 Å². The monoisotopic (exact) mass is 327 g/mol. The Kier molecular flexibility index (Phi) is 4.94. The third kappa shape index (κ3) is 3.26. The van der Waals surface area contributed by atoms with Crippen molar-refractivity contribution in [3.05, 3.63) is 33.8 Å². The van der Waals surface area contributed by atoms with Crippen LogP contribution >= 0.6 is 15.9 Å². The molecule has 1 unspecified atom stereocenters. The molecule has 0 aliphatic rings. The normalized spacial score (nSPS) is 14.8. The van der Waals surface area contributed by atoms with Crippen molar-refractivity contribution in [3.8, 4) is 0 Å². The van der Waals surface area contributed by atoms with E-state index in [1.807, 2.05) is 19.9 Å². The van der Waals surface area contributed by atoms with Gasteiger partial charge in [0, 0.05) is 10.0 Å². The van der Waals surface area contributed by atoms with Crippen LogP contribution in [0.15, 0.2) is 27.8 Å². The zero-order chi connectivity index (χ0) is 14.6. The van der Waals surface area contributed by atoms with E-state index >= 15 is 0 Å². The standard InChI is InChI=1S/C13H18BrN3O2/c1-4-13(3,12(15)17-19)16-11(18)9-6-5-7-10(14)8(9)2/h5-7,19H,4H2,1-3H3,(H2,15,17)(H,16,18). The summed E-state index contributed by atoms with van der Waals surface area (Å²) in [6, 6.07) is 5.39. The minimum Gasteiger partial charge on any atom is -0.409 e. The highest BCUT2D eigenvalue weighted by Gasteiger charge is 2.30. The van der Waals surface area contributed by atoms with Crippen LogP contribution in [0.4, 0.5) is 0 Å². The lowest BCUT2D eigenvalue weighted by molar-refractivity contribution is 0.0924. The van der Waals surface area contributed by atoms with E-state index in [-0.39, 0.29) is 11.7 Å². The van der Waals surface area contributed by atoms with Crippen LogP contribution in [-0.2, 0) is 0 Å². The van der Waals surface area contributed by atoms with Crippen molar-refractivity contribution in [3.63, 3.8) is 0 Å². The number of nitrogens with one attached hydrogen (secondary N) is 1. The van der Waals surface area contributed by atoms with Crippen molar-refractivity contribution in [2.75, 3.05) is 0 Å². The van der Waals surface area contributed by atoms with E-state index in [0.717, 1.165) is 10.0 Å². The van der Waals surface area contributed by atoms with Gasteiger partial charge in [-0.2, -0.15) is 0 Å². The van der Waals surface area contributed by atoms with Crippen LogP contribution in [0.25, 0.3) is 0 Å². The molecular formula is C13H18BrN3O2. The predicted octanol–water partition coefficient (Wildman–Crippen LogP) is 2.40. The van der Waals surface area contributed by atoms with E-state index in [1.54, 1.807) is 19.1 Å². The number of hydrogen-bond acceptors (Lipinski definition) is 3. The van der Waals surface area contributed by atoms with Crippen LogP contribution < -0.4 is 11.1 Å². The quantitative estimate of drug-likeness (QED) is 0.343. The molecule has 0 radical (unpaired) electrons. The van der Waals surface area contributed by atoms with Crippen LogP contribution in [0, 0.1) is 6.92 Å². The molecule has 19 heavy (non-hydrogen) atoms. The number of halogens is 1. The van der Waals surface area contributed by atoms with Crippen LogP contribution in [0.5, 0.6) is 0 Å². The van der Waals surface area contributed by atoms with E-state index in [4.69, 9.17) is 10.9 Å². The smallest absolute Gasteiger partial charge is 0.252 e. The first kappa shape index (κ1) is 15.5. The second-order valence-electron chi connectivity index (χ2n) is 4.54. The minimum atomic E-state index is -0.874. The molecule has 0 spiro atoms. The first-order valence-electron chi connectivity index (χ1n) is 5.91. The van der Waals surface area contributed by atoms with Gasteiger partial charge in [0.15, 0.2) is 5.84 Å². The molecule has 1 aromatic rings. The van der Waals surface area contributed by atoms with Crippen LogP contribution in [0.2, 0.25) is 0 Å². The summed E-state index contributed by atoms with van der Waals surface area (Å²) in [5.74, 6) is -0.272. The highest BCUT2D eigenvalue weighted by atomic mass is 79.9. The lowest BCUT2D eigenvalue weighted by atomic mass is 9.96. The summed E-state index contributed by atoms with van der Waals surface area (Å²) < 4.78 is 0.863. The number of carbonyl (C=O) groups is 1. The van der Waals surface area contributed by atoms with Gasteiger partial charge in [-0.05, 0) is 38.0 Å². The third-order valence-electron chi connectivity index (χ3n) is 3.28. The third-order valence-corrected chi connectivity index (χ3v) is 4.14. The summed E-state index contributed by atoms with van der Waals surface area (Å²) in [6.45, 7) is 5.42. The molecule has 4 N–H and O–H groups in total. The lowest BCUT2D eigenvalue weighted by Crippen LogP contribution is -2.55. The van der Waals surface area contributed by atoms with Crippen molar-refractivity contribution < 1.29 is 10.0 Å². The Morgan fingerprint density at radius 3 is 2.74 bits per heavy atom. The van der Waals surface area contributed by atoms with Gasteiger partial charge in [0.2, 0.25) is 0 Å². The fourth-order valence-corrected chi connectivity index (χ4v) is 1.98. The van der Waals surface area contributed by atoms with E-state index in [2.05, 4.69) is 26.4 Å². The Labute approximate surface area is 121 Å². The second kappa shape index (κ2) is 6.06. The predicted molar refractivity (Wildman–Crippen MR) is 78.5 cm³/mol. The Balaban J connectivity index is 3.05. The molecule has 5 nitrogen and oxygen atoms in total. The number of benzene rings is 1. The highest BCUT2D eigenvalue weighted by molar-refractivity contribution is 9.10. The molecule has 1 amide bonds. The van der Waals surface area contributed by atoms with Crippen molar-refractivity contribution in [2.45, 2.75) is 32.7 Å². The topological polar surface area (TPSA) is 87.7 Å². The Morgan fingerprint density at radius 1 is 1.58 bits per heavy atom. The van der Waals surface area contributed by atoms with Crippen LogP contribution in [-0.4, -0.2) is 22.5 Å². The van der Waals surface area contributed by atoms with Crippen molar-refractivity contribution in [1.82, 2.24) is 5.32 Å². The van der Waals surface area contributed by atoms with Gasteiger partial charge in [0.25, 0.3) is 5.91 Å². The molecule has 0 aliphatic carbocycles. The summed E-state index contributed by atoms with van der Waals surface area (Å²) in [5.41, 5.74) is 6.16. The molecule has 1 atom stereocenters. The fraction of sp³-hybridized carbons (Fsp3) is 0.385. The zero-order valence-corrected chi connectivity index (χ0v) is 12.8. The first-order chi connectivity index (χ1) is 8.85. The van der Waals surface area contributed by atoms with Crippen molar-refractivity contribution in [2.24, 2.45) is 10.9 Å². The molecule has 0 saturated carbocycles. The number of nitrogens with two attached hydrogens (primary N) is 1. The van der Waals surface area contributed by atoms with E-state index < -0.39 is 5.54 Å². The number of amidine groups is 1. The van der Waals surface area contributed by atoms with Gasteiger partial charge >= 0.3 is 0 Å².